The molecule has 2 aromatic heterocycles. The van der Waals surface area contributed by atoms with Crippen LogP contribution in [0.15, 0.2) is 42.9 Å². The third-order valence-corrected chi connectivity index (χ3v) is 2.64. The lowest BCUT2D eigenvalue weighted by molar-refractivity contribution is 1.35. The van der Waals surface area contributed by atoms with Crippen LogP contribution in [0, 0.1) is 6.92 Å². The number of hydrogen-bond acceptors (Lipinski definition) is 2. The van der Waals surface area contributed by atoms with Crippen LogP contribution < -0.4 is 0 Å². The molecule has 1 aromatic carbocycles. The molecular weight excluding hydrogens is 184 g/mol. The summed E-state index contributed by atoms with van der Waals surface area (Å²) < 4.78 is 0. The Morgan fingerprint density at radius 2 is 1.93 bits per heavy atom. The van der Waals surface area contributed by atoms with E-state index in [0.29, 0.717) is 0 Å². The molecule has 72 valence electrons. The molecule has 0 saturated carbocycles. The molecule has 0 aliphatic carbocycles. The Labute approximate surface area is 87.6 Å². The summed E-state index contributed by atoms with van der Waals surface area (Å²) in [7, 11) is 0. The molecule has 0 aliphatic rings. The number of nitrogens with zero attached hydrogens (tertiary/aromatic N) is 2. The highest BCUT2D eigenvalue weighted by molar-refractivity contribution is 6.05. The first-order valence-electron chi connectivity index (χ1n) is 4.94. The van der Waals surface area contributed by atoms with Crippen LogP contribution in [-0.2, 0) is 0 Å². The van der Waals surface area contributed by atoms with Crippen molar-refractivity contribution in [3.05, 3.63) is 48.4 Å². The molecule has 0 saturated heterocycles. The van der Waals surface area contributed by atoms with E-state index >= 15 is 0 Å². The van der Waals surface area contributed by atoms with Gasteiger partial charge in [-0.3, -0.25) is 9.97 Å². The van der Waals surface area contributed by atoms with Gasteiger partial charge >= 0.3 is 0 Å². The van der Waals surface area contributed by atoms with Gasteiger partial charge in [-0.25, -0.2) is 0 Å². The van der Waals surface area contributed by atoms with Crippen molar-refractivity contribution < 1.29 is 0 Å². The summed E-state index contributed by atoms with van der Waals surface area (Å²) in [6.45, 7) is 2.10. The molecule has 2 heteroatoms. The molecular formula is C13H10N2. The Bertz CT molecular complexity index is 644. The van der Waals surface area contributed by atoms with Gasteiger partial charge in [-0.15, -0.1) is 0 Å². The zero-order valence-electron chi connectivity index (χ0n) is 8.44. The molecule has 15 heavy (non-hydrogen) atoms. The quantitative estimate of drug-likeness (QED) is 0.514. The molecule has 2 heterocycles. The van der Waals surface area contributed by atoms with E-state index in [1.165, 1.54) is 16.3 Å². The number of hydrogen-bond donors (Lipinski definition) is 0. The minimum absolute atomic E-state index is 1.04. The molecule has 3 aromatic rings. The first-order valence-corrected chi connectivity index (χ1v) is 4.94. The third kappa shape index (κ3) is 1.26. The van der Waals surface area contributed by atoms with E-state index in [-0.39, 0.29) is 0 Å². The van der Waals surface area contributed by atoms with Gasteiger partial charge in [0.05, 0.1) is 5.52 Å². The lowest BCUT2D eigenvalue weighted by atomic mass is 10.1. The molecule has 2 nitrogen and oxygen atoms in total. The van der Waals surface area contributed by atoms with Gasteiger partial charge in [0, 0.05) is 29.4 Å². The van der Waals surface area contributed by atoms with E-state index in [2.05, 4.69) is 35.1 Å². The second-order valence-corrected chi connectivity index (χ2v) is 3.74. The number of rotatable bonds is 0. The average Bonchev–Trinajstić information content (AvgIpc) is 2.29. The molecule has 0 aliphatic heterocycles. The van der Waals surface area contributed by atoms with Crippen molar-refractivity contribution in [3.63, 3.8) is 0 Å². The maximum atomic E-state index is 4.41. The summed E-state index contributed by atoms with van der Waals surface area (Å²) in [5, 5.41) is 3.52. The van der Waals surface area contributed by atoms with E-state index in [1.807, 2.05) is 24.7 Å². The molecule has 0 N–H and O–H groups in total. The Kier molecular flexibility index (Phi) is 1.68. The number of benzene rings is 1. The second-order valence-electron chi connectivity index (χ2n) is 3.74. The van der Waals surface area contributed by atoms with Crippen LogP contribution in [0.3, 0.4) is 0 Å². The zero-order chi connectivity index (χ0) is 10.3. The lowest BCUT2D eigenvalue weighted by Gasteiger charge is -2.03. The SMILES string of the molecule is Cc1ccc2ncc3cnccc3c2c1. The molecule has 0 spiro atoms. The summed E-state index contributed by atoms with van der Waals surface area (Å²) in [4.78, 5) is 8.51. The second kappa shape index (κ2) is 3.02. The molecule has 0 bridgehead atoms. The summed E-state index contributed by atoms with van der Waals surface area (Å²) >= 11 is 0. The van der Waals surface area contributed by atoms with Gasteiger partial charge in [-0.1, -0.05) is 11.6 Å². The Morgan fingerprint density at radius 1 is 1.00 bits per heavy atom. The lowest BCUT2D eigenvalue weighted by Crippen LogP contribution is -1.83. The molecule has 0 unspecified atom stereocenters. The monoisotopic (exact) mass is 194 g/mol. The van der Waals surface area contributed by atoms with E-state index in [1.54, 1.807) is 0 Å². The minimum Gasteiger partial charge on any atom is -0.264 e. The zero-order valence-corrected chi connectivity index (χ0v) is 8.44. The smallest absolute Gasteiger partial charge is 0.0708 e. The van der Waals surface area contributed by atoms with Gasteiger partial charge in [0.2, 0.25) is 0 Å². The standard InChI is InChI=1S/C13H10N2/c1-9-2-3-13-12(6-9)11-4-5-14-7-10(11)8-15-13/h2-8H,1H3. The molecule has 0 atom stereocenters. The Hall–Kier alpha value is -1.96. The van der Waals surface area contributed by atoms with Gasteiger partial charge < -0.3 is 0 Å². The molecule has 0 fully saturated rings. The van der Waals surface area contributed by atoms with Gasteiger partial charge in [0.15, 0.2) is 0 Å². The minimum atomic E-state index is 1.04. The van der Waals surface area contributed by atoms with Gasteiger partial charge in [-0.05, 0) is 30.5 Å². The van der Waals surface area contributed by atoms with Gasteiger partial charge in [0.25, 0.3) is 0 Å². The Morgan fingerprint density at radius 3 is 2.87 bits per heavy atom. The van der Waals surface area contributed by atoms with E-state index in [0.717, 1.165) is 10.9 Å². The maximum Gasteiger partial charge on any atom is 0.0708 e. The predicted molar refractivity (Wildman–Crippen MR) is 61.8 cm³/mol. The first kappa shape index (κ1) is 8.36. The van der Waals surface area contributed by atoms with Crippen LogP contribution in [0.1, 0.15) is 5.56 Å². The highest BCUT2D eigenvalue weighted by Gasteiger charge is 2.00. The maximum absolute atomic E-state index is 4.41. The fraction of sp³-hybridized carbons (Fsp3) is 0.0769. The molecule has 3 rings (SSSR count). The normalized spacial score (nSPS) is 11.0. The summed E-state index contributed by atoms with van der Waals surface area (Å²) in [5.74, 6) is 0. The summed E-state index contributed by atoms with van der Waals surface area (Å²) in [5.41, 5.74) is 2.30. The topological polar surface area (TPSA) is 25.8 Å². The Balaban J connectivity index is 2.57. The van der Waals surface area contributed by atoms with Crippen LogP contribution in [0.2, 0.25) is 0 Å². The van der Waals surface area contributed by atoms with Crippen LogP contribution >= 0.6 is 0 Å². The van der Waals surface area contributed by atoms with Crippen molar-refractivity contribution in [3.8, 4) is 0 Å². The average molecular weight is 194 g/mol. The number of fused-ring (bicyclic) bond motifs is 3. The van der Waals surface area contributed by atoms with Crippen molar-refractivity contribution in [1.29, 1.82) is 0 Å². The number of aryl methyl sites for hydroxylation is 1. The first-order chi connectivity index (χ1) is 7.34. The summed E-state index contributed by atoms with van der Waals surface area (Å²) in [6, 6.07) is 8.36. The van der Waals surface area contributed by atoms with Crippen LogP contribution in [0.25, 0.3) is 21.7 Å². The third-order valence-electron chi connectivity index (χ3n) is 2.64. The highest BCUT2D eigenvalue weighted by Crippen LogP contribution is 2.23. The van der Waals surface area contributed by atoms with Crippen molar-refractivity contribution >= 4 is 21.7 Å². The predicted octanol–water partition coefficient (Wildman–Crippen LogP) is 3.09. The van der Waals surface area contributed by atoms with Gasteiger partial charge in [-0.2, -0.15) is 0 Å². The van der Waals surface area contributed by atoms with Crippen LogP contribution in [-0.4, -0.2) is 9.97 Å². The van der Waals surface area contributed by atoms with E-state index in [4.69, 9.17) is 0 Å². The van der Waals surface area contributed by atoms with Gasteiger partial charge in [0.1, 0.15) is 0 Å². The van der Waals surface area contributed by atoms with Crippen molar-refractivity contribution in [2.45, 2.75) is 6.92 Å². The molecule has 0 radical (unpaired) electrons. The number of aromatic nitrogens is 2. The molecule has 0 amide bonds. The fourth-order valence-electron chi connectivity index (χ4n) is 1.87. The summed E-state index contributed by atoms with van der Waals surface area (Å²) in [6.07, 6.45) is 5.55. The highest BCUT2D eigenvalue weighted by atomic mass is 14.7. The van der Waals surface area contributed by atoms with E-state index in [9.17, 15) is 0 Å². The van der Waals surface area contributed by atoms with Crippen LogP contribution in [0.5, 0.6) is 0 Å². The van der Waals surface area contributed by atoms with Crippen molar-refractivity contribution in [1.82, 2.24) is 9.97 Å². The van der Waals surface area contributed by atoms with Crippen LogP contribution in [0.4, 0.5) is 0 Å². The number of pyridine rings is 2. The van der Waals surface area contributed by atoms with E-state index < -0.39 is 0 Å². The largest absolute Gasteiger partial charge is 0.264 e. The van der Waals surface area contributed by atoms with Crippen molar-refractivity contribution in [2.75, 3.05) is 0 Å². The fourth-order valence-corrected chi connectivity index (χ4v) is 1.87. The van der Waals surface area contributed by atoms with Crippen molar-refractivity contribution in [2.24, 2.45) is 0 Å².